The van der Waals surface area contributed by atoms with Crippen molar-refractivity contribution in [2.24, 2.45) is 0 Å². The predicted octanol–water partition coefficient (Wildman–Crippen LogP) is 7.92. The van der Waals surface area contributed by atoms with E-state index in [1.165, 1.54) is 21.9 Å². The molecule has 0 aliphatic heterocycles. The van der Waals surface area contributed by atoms with E-state index in [1.807, 2.05) is 48.8 Å². The molecule has 2 heterocycles. The van der Waals surface area contributed by atoms with E-state index in [1.54, 1.807) is 0 Å². The van der Waals surface area contributed by atoms with Crippen LogP contribution in [0.25, 0.3) is 32.7 Å². The molecule has 156 valence electrons. The van der Waals surface area contributed by atoms with Gasteiger partial charge in [-0.25, -0.2) is 9.97 Å². The highest BCUT2D eigenvalue weighted by Gasteiger charge is 2.22. The molecule has 2 aromatic heterocycles. The standard InChI is InChI=1S/C30H21N3/c1-2-12-22(13-3-1)29-23-14-4-6-16-25(23)30(26-17-7-5-15-24(26)29)33(27-18-8-10-20-31-27)28-19-9-11-21-32-28/h1-21H. The maximum atomic E-state index is 4.71. The van der Waals surface area contributed by atoms with Crippen molar-refractivity contribution in [2.45, 2.75) is 0 Å². The summed E-state index contributed by atoms with van der Waals surface area (Å²) in [5.41, 5.74) is 3.53. The first-order chi connectivity index (χ1) is 16.4. The first-order valence-electron chi connectivity index (χ1n) is 11.0. The SMILES string of the molecule is c1ccc(-c2c3ccccc3c(N(c3ccccn3)c3ccccn3)c3ccccc23)cc1. The van der Waals surface area contributed by atoms with E-state index >= 15 is 0 Å². The Balaban J connectivity index is 1.78. The molecule has 0 radical (unpaired) electrons. The maximum Gasteiger partial charge on any atom is 0.138 e. The second-order valence-corrected chi connectivity index (χ2v) is 7.89. The van der Waals surface area contributed by atoms with Gasteiger partial charge in [0.2, 0.25) is 0 Å². The van der Waals surface area contributed by atoms with E-state index in [4.69, 9.17) is 9.97 Å². The Hall–Kier alpha value is -4.50. The van der Waals surface area contributed by atoms with Crippen molar-refractivity contribution in [1.82, 2.24) is 9.97 Å². The highest BCUT2D eigenvalue weighted by Crippen LogP contribution is 2.46. The lowest BCUT2D eigenvalue weighted by Crippen LogP contribution is -2.14. The van der Waals surface area contributed by atoms with Crippen LogP contribution in [-0.2, 0) is 0 Å². The van der Waals surface area contributed by atoms with Gasteiger partial charge in [-0.15, -0.1) is 0 Å². The summed E-state index contributed by atoms with van der Waals surface area (Å²) in [5.74, 6) is 1.66. The molecule has 0 aliphatic rings. The molecule has 3 heteroatoms. The van der Waals surface area contributed by atoms with Gasteiger partial charge in [0, 0.05) is 23.2 Å². The summed E-state index contributed by atoms with van der Waals surface area (Å²) in [5, 5.41) is 4.72. The Morgan fingerprint density at radius 1 is 0.424 bits per heavy atom. The van der Waals surface area contributed by atoms with E-state index in [2.05, 4.69) is 83.8 Å². The highest BCUT2D eigenvalue weighted by molar-refractivity contribution is 6.22. The van der Waals surface area contributed by atoms with E-state index in [-0.39, 0.29) is 0 Å². The van der Waals surface area contributed by atoms with E-state index < -0.39 is 0 Å². The monoisotopic (exact) mass is 423 g/mol. The molecule has 6 rings (SSSR count). The second-order valence-electron chi connectivity index (χ2n) is 7.89. The third-order valence-corrected chi connectivity index (χ3v) is 5.95. The minimum Gasteiger partial charge on any atom is -0.278 e. The molecule has 0 spiro atoms. The number of hydrogen-bond donors (Lipinski definition) is 0. The van der Waals surface area contributed by atoms with E-state index in [0.29, 0.717) is 0 Å². The molecule has 0 fully saturated rings. The molecule has 0 bridgehead atoms. The van der Waals surface area contributed by atoms with Crippen LogP contribution in [0.5, 0.6) is 0 Å². The third-order valence-electron chi connectivity index (χ3n) is 5.95. The summed E-state index contributed by atoms with van der Waals surface area (Å²) in [6.45, 7) is 0. The van der Waals surface area contributed by atoms with Crippen molar-refractivity contribution in [1.29, 1.82) is 0 Å². The van der Waals surface area contributed by atoms with Crippen molar-refractivity contribution in [3.63, 3.8) is 0 Å². The topological polar surface area (TPSA) is 29.0 Å². The Labute approximate surface area is 192 Å². The first kappa shape index (κ1) is 19.2. The summed E-state index contributed by atoms with van der Waals surface area (Å²) in [6.07, 6.45) is 3.65. The molecule has 0 saturated carbocycles. The zero-order valence-electron chi connectivity index (χ0n) is 18.0. The van der Waals surface area contributed by atoms with Crippen LogP contribution in [0, 0.1) is 0 Å². The Bertz CT molecular complexity index is 1450. The summed E-state index contributed by atoms with van der Waals surface area (Å²) in [4.78, 5) is 11.6. The minimum absolute atomic E-state index is 0.832. The van der Waals surface area contributed by atoms with E-state index in [9.17, 15) is 0 Å². The quantitative estimate of drug-likeness (QED) is 0.270. The molecule has 0 N–H and O–H groups in total. The summed E-state index contributed by atoms with van der Waals surface area (Å²) >= 11 is 0. The first-order valence-corrected chi connectivity index (χ1v) is 11.0. The lowest BCUT2D eigenvalue weighted by molar-refractivity contribution is 1.14. The molecular formula is C30H21N3. The number of pyridine rings is 2. The van der Waals surface area contributed by atoms with Gasteiger partial charge < -0.3 is 0 Å². The molecule has 0 unspecified atom stereocenters. The Morgan fingerprint density at radius 2 is 0.879 bits per heavy atom. The highest BCUT2D eigenvalue weighted by atomic mass is 15.2. The molecule has 0 atom stereocenters. The number of aromatic nitrogens is 2. The fourth-order valence-corrected chi connectivity index (χ4v) is 4.58. The van der Waals surface area contributed by atoms with Crippen molar-refractivity contribution in [3.8, 4) is 11.1 Å². The number of anilines is 3. The van der Waals surface area contributed by atoms with Crippen molar-refractivity contribution in [2.75, 3.05) is 4.90 Å². The van der Waals surface area contributed by atoms with Gasteiger partial charge in [-0.2, -0.15) is 0 Å². The van der Waals surface area contributed by atoms with Crippen LogP contribution in [0.4, 0.5) is 17.3 Å². The van der Waals surface area contributed by atoms with Crippen LogP contribution in [0.15, 0.2) is 128 Å². The van der Waals surface area contributed by atoms with Crippen LogP contribution in [0.1, 0.15) is 0 Å². The predicted molar refractivity (Wildman–Crippen MR) is 137 cm³/mol. The summed E-state index contributed by atoms with van der Waals surface area (Å²) in [7, 11) is 0. The lowest BCUT2D eigenvalue weighted by atomic mass is 9.90. The summed E-state index contributed by atoms with van der Waals surface area (Å²) < 4.78 is 0. The molecule has 33 heavy (non-hydrogen) atoms. The number of nitrogens with zero attached hydrogens (tertiary/aromatic N) is 3. The average Bonchev–Trinajstić information content (AvgIpc) is 2.90. The van der Waals surface area contributed by atoms with Gasteiger partial charge in [0.15, 0.2) is 0 Å². The van der Waals surface area contributed by atoms with Gasteiger partial charge in [-0.1, -0.05) is 91.0 Å². The number of hydrogen-bond acceptors (Lipinski definition) is 3. The molecular weight excluding hydrogens is 402 g/mol. The number of fused-ring (bicyclic) bond motifs is 2. The van der Waals surface area contributed by atoms with Gasteiger partial charge in [-0.3, -0.25) is 4.90 Å². The summed E-state index contributed by atoms with van der Waals surface area (Å²) in [6, 6.07) is 39.8. The molecule has 0 amide bonds. The Kier molecular flexibility index (Phi) is 4.78. The maximum absolute atomic E-state index is 4.71. The molecule has 6 aromatic rings. The zero-order valence-corrected chi connectivity index (χ0v) is 18.0. The fraction of sp³-hybridized carbons (Fsp3) is 0. The molecule has 3 nitrogen and oxygen atoms in total. The van der Waals surface area contributed by atoms with Crippen molar-refractivity contribution in [3.05, 3.63) is 128 Å². The van der Waals surface area contributed by atoms with Crippen molar-refractivity contribution < 1.29 is 0 Å². The van der Waals surface area contributed by atoms with Gasteiger partial charge in [0.25, 0.3) is 0 Å². The average molecular weight is 424 g/mol. The fourth-order valence-electron chi connectivity index (χ4n) is 4.58. The molecule has 0 saturated heterocycles. The van der Waals surface area contributed by atoms with Crippen LogP contribution < -0.4 is 4.90 Å². The van der Waals surface area contributed by atoms with Crippen molar-refractivity contribution >= 4 is 38.9 Å². The largest absolute Gasteiger partial charge is 0.278 e. The smallest absolute Gasteiger partial charge is 0.138 e. The number of rotatable bonds is 4. The van der Waals surface area contributed by atoms with Crippen LogP contribution in [0.3, 0.4) is 0 Å². The molecule has 4 aromatic carbocycles. The third kappa shape index (κ3) is 3.31. The van der Waals surface area contributed by atoms with Gasteiger partial charge in [-0.05, 0) is 46.2 Å². The zero-order chi connectivity index (χ0) is 22.0. The van der Waals surface area contributed by atoms with Crippen LogP contribution in [0.2, 0.25) is 0 Å². The van der Waals surface area contributed by atoms with Crippen LogP contribution >= 0.6 is 0 Å². The van der Waals surface area contributed by atoms with Gasteiger partial charge in [0.1, 0.15) is 11.6 Å². The minimum atomic E-state index is 0.832. The van der Waals surface area contributed by atoms with E-state index in [0.717, 1.165) is 28.1 Å². The normalized spacial score (nSPS) is 11.0. The number of benzene rings is 4. The lowest BCUT2D eigenvalue weighted by Gasteiger charge is -2.27. The van der Waals surface area contributed by atoms with Gasteiger partial charge in [0.05, 0.1) is 5.69 Å². The van der Waals surface area contributed by atoms with Gasteiger partial charge >= 0.3 is 0 Å². The Morgan fingerprint density at radius 3 is 1.36 bits per heavy atom. The van der Waals surface area contributed by atoms with Crippen LogP contribution in [-0.4, -0.2) is 9.97 Å². The second kappa shape index (κ2) is 8.21. The molecule has 0 aliphatic carbocycles.